The van der Waals surface area contributed by atoms with E-state index in [0.29, 0.717) is 0 Å². The lowest BCUT2D eigenvalue weighted by Crippen LogP contribution is -1.89. The molecule has 0 saturated heterocycles. The second kappa shape index (κ2) is 6.00. The molecule has 4 rings (SSSR count). The van der Waals surface area contributed by atoms with Gasteiger partial charge in [0.25, 0.3) is 0 Å². The largest absolute Gasteiger partial charge is 0.397 e. The Labute approximate surface area is 147 Å². The van der Waals surface area contributed by atoms with Crippen LogP contribution in [-0.2, 0) is 0 Å². The van der Waals surface area contributed by atoms with E-state index >= 15 is 0 Å². The van der Waals surface area contributed by atoms with Crippen LogP contribution in [0.25, 0.3) is 31.9 Å². The van der Waals surface area contributed by atoms with Crippen LogP contribution in [-0.4, -0.2) is 11.2 Å². The van der Waals surface area contributed by atoms with E-state index < -0.39 is 0 Å². The average molecular weight is 355 g/mol. The van der Waals surface area contributed by atoms with Crippen molar-refractivity contribution in [3.05, 3.63) is 53.9 Å². The first kappa shape index (κ1) is 14.8. The number of rotatable bonds is 3. The van der Waals surface area contributed by atoms with Crippen molar-refractivity contribution in [2.45, 2.75) is 4.21 Å². The summed E-state index contributed by atoms with van der Waals surface area (Å²) < 4.78 is 1.13. The molecule has 4 aromatic rings. The lowest BCUT2D eigenvalue weighted by atomic mass is 10.0. The minimum atomic E-state index is 0.849. The van der Waals surface area contributed by atoms with E-state index in [0.717, 1.165) is 31.4 Å². The zero-order valence-corrected chi connectivity index (χ0v) is 14.9. The molecule has 0 aliphatic heterocycles. The second-order valence-electron chi connectivity index (χ2n) is 5.09. The third-order valence-corrected chi connectivity index (χ3v) is 6.84. The van der Waals surface area contributed by atoms with Gasteiger partial charge in [-0.05, 0) is 34.9 Å². The van der Waals surface area contributed by atoms with Crippen LogP contribution in [0.1, 0.15) is 0 Å². The molecule has 3 heterocycles. The Morgan fingerprint density at radius 1 is 1.09 bits per heavy atom. The van der Waals surface area contributed by atoms with Crippen LogP contribution < -0.4 is 5.73 Å². The lowest BCUT2D eigenvalue weighted by Gasteiger charge is -2.07. The van der Waals surface area contributed by atoms with Gasteiger partial charge < -0.3 is 5.73 Å². The van der Waals surface area contributed by atoms with Crippen LogP contribution in [0.3, 0.4) is 0 Å². The van der Waals surface area contributed by atoms with Gasteiger partial charge in [0.1, 0.15) is 4.83 Å². The fourth-order valence-corrected chi connectivity index (χ4v) is 5.08. The van der Waals surface area contributed by atoms with Crippen molar-refractivity contribution >= 4 is 50.3 Å². The summed E-state index contributed by atoms with van der Waals surface area (Å²) in [5, 5.41) is 3.16. The quantitative estimate of drug-likeness (QED) is 0.459. The van der Waals surface area contributed by atoms with E-state index in [-0.39, 0.29) is 0 Å². The number of nitrogen functional groups attached to an aromatic ring is 1. The summed E-state index contributed by atoms with van der Waals surface area (Å²) in [5.41, 5.74) is 10.6. The second-order valence-corrected chi connectivity index (χ2v) is 8.11. The van der Waals surface area contributed by atoms with Crippen molar-refractivity contribution in [3.63, 3.8) is 0 Å². The van der Waals surface area contributed by atoms with Crippen molar-refractivity contribution in [2.24, 2.45) is 0 Å². The topological polar surface area (TPSA) is 38.9 Å². The molecule has 2 nitrogen and oxygen atoms in total. The Bertz CT molecular complexity index is 957. The maximum Gasteiger partial charge on any atom is 0.127 e. The summed E-state index contributed by atoms with van der Waals surface area (Å²) in [6, 6.07) is 16.7. The predicted octanol–water partition coefficient (Wildman–Crippen LogP) is 6.00. The monoisotopic (exact) mass is 354 g/mol. The number of thioether (sulfide) groups is 1. The van der Waals surface area contributed by atoms with E-state index in [4.69, 9.17) is 10.7 Å². The van der Waals surface area contributed by atoms with E-state index in [1.54, 1.807) is 34.4 Å². The number of anilines is 1. The highest BCUT2D eigenvalue weighted by molar-refractivity contribution is 8.00. The number of nitrogens with two attached hydrogens (primary N) is 1. The zero-order chi connectivity index (χ0) is 15.8. The molecule has 0 unspecified atom stereocenters. The lowest BCUT2D eigenvalue weighted by molar-refractivity contribution is 1.45. The third kappa shape index (κ3) is 2.55. The van der Waals surface area contributed by atoms with Gasteiger partial charge in [-0.2, -0.15) is 0 Å². The molecular formula is C18H14N2S3. The van der Waals surface area contributed by atoms with Crippen molar-refractivity contribution in [2.75, 3.05) is 12.0 Å². The minimum Gasteiger partial charge on any atom is -0.397 e. The first-order valence-electron chi connectivity index (χ1n) is 7.14. The van der Waals surface area contributed by atoms with Crippen LogP contribution >= 0.6 is 34.4 Å². The highest BCUT2D eigenvalue weighted by Crippen LogP contribution is 2.44. The van der Waals surface area contributed by atoms with Crippen molar-refractivity contribution in [3.8, 4) is 21.7 Å². The van der Waals surface area contributed by atoms with E-state index in [9.17, 15) is 0 Å². The molecule has 0 saturated carbocycles. The van der Waals surface area contributed by atoms with Gasteiger partial charge in [-0.15, -0.1) is 34.4 Å². The van der Waals surface area contributed by atoms with Crippen LogP contribution in [0.2, 0.25) is 0 Å². The Balaban J connectivity index is 2.06. The van der Waals surface area contributed by atoms with Crippen molar-refractivity contribution in [1.29, 1.82) is 0 Å². The number of aromatic nitrogens is 1. The van der Waals surface area contributed by atoms with Gasteiger partial charge in [0.05, 0.1) is 20.5 Å². The minimum absolute atomic E-state index is 0.849. The molecule has 3 aromatic heterocycles. The van der Waals surface area contributed by atoms with Gasteiger partial charge >= 0.3 is 0 Å². The number of nitrogens with zero attached hydrogens (tertiary/aromatic N) is 1. The molecule has 0 bridgehead atoms. The summed E-state index contributed by atoms with van der Waals surface area (Å²) in [7, 11) is 0. The molecule has 114 valence electrons. The number of pyridine rings is 1. The summed E-state index contributed by atoms with van der Waals surface area (Å²) in [4.78, 5) is 7.06. The Morgan fingerprint density at radius 3 is 2.61 bits per heavy atom. The first-order valence-corrected chi connectivity index (χ1v) is 10.1. The summed E-state index contributed by atoms with van der Waals surface area (Å²) in [5.74, 6) is 0. The highest BCUT2D eigenvalue weighted by Gasteiger charge is 2.17. The molecule has 0 aliphatic carbocycles. The molecule has 23 heavy (non-hydrogen) atoms. The summed E-state index contributed by atoms with van der Waals surface area (Å²) in [6.45, 7) is 0. The molecule has 2 N–H and O–H groups in total. The van der Waals surface area contributed by atoms with Crippen molar-refractivity contribution < 1.29 is 0 Å². The molecule has 0 amide bonds. The van der Waals surface area contributed by atoms with Gasteiger partial charge in [0.15, 0.2) is 0 Å². The van der Waals surface area contributed by atoms with E-state index in [2.05, 4.69) is 54.1 Å². The van der Waals surface area contributed by atoms with E-state index in [1.807, 2.05) is 6.07 Å². The zero-order valence-electron chi connectivity index (χ0n) is 12.4. The van der Waals surface area contributed by atoms with Gasteiger partial charge in [-0.1, -0.05) is 36.4 Å². The van der Waals surface area contributed by atoms with Crippen molar-refractivity contribution in [1.82, 2.24) is 4.98 Å². The normalized spacial score (nSPS) is 11.2. The SMILES string of the molecule is CSc1sc2nc(-c3cccs3)cc(-c3ccccc3)c2c1N. The van der Waals surface area contributed by atoms with Gasteiger partial charge in [-0.25, -0.2) is 4.98 Å². The van der Waals surface area contributed by atoms with Gasteiger partial charge in [0, 0.05) is 5.39 Å². The predicted molar refractivity (Wildman–Crippen MR) is 105 cm³/mol. The number of thiophene rings is 2. The average Bonchev–Trinajstić information content (AvgIpc) is 3.23. The van der Waals surface area contributed by atoms with Crippen LogP contribution in [0.5, 0.6) is 0 Å². The van der Waals surface area contributed by atoms with Gasteiger partial charge in [-0.3, -0.25) is 0 Å². The number of benzene rings is 1. The van der Waals surface area contributed by atoms with Crippen LogP contribution in [0.15, 0.2) is 58.1 Å². The fourth-order valence-electron chi connectivity index (χ4n) is 2.65. The fraction of sp³-hybridized carbons (Fsp3) is 0.0556. The number of fused-ring (bicyclic) bond motifs is 1. The van der Waals surface area contributed by atoms with Crippen LogP contribution in [0.4, 0.5) is 5.69 Å². The molecule has 0 spiro atoms. The maximum atomic E-state index is 6.41. The summed E-state index contributed by atoms with van der Waals surface area (Å²) in [6.07, 6.45) is 2.06. The molecule has 0 radical (unpaired) electrons. The first-order chi connectivity index (χ1) is 11.3. The summed E-state index contributed by atoms with van der Waals surface area (Å²) >= 11 is 5.07. The number of hydrogen-bond donors (Lipinski definition) is 1. The molecule has 0 atom stereocenters. The Morgan fingerprint density at radius 2 is 1.91 bits per heavy atom. The maximum absolute atomic E-state index is 6.41. The standard InChI is InChI=1S/C18H14N2S3/c1-21-18-16(19)15-12(11-6-3-2-4-7-11)10-13(20-17(15)23-18)14-8-5-9-22-14/h2-10H,19H2,1H3. The molecule has 0 fully saturated rings. The molecule has 5 heteroatoms. The smallest absolute Gasteiger partial charge is 0.127 e. The Kier molecular flexibility index (Phi) is 3.85. The molecule has 0 aliphatic rings. The molecule has 1 aromatic carbocycles. The van der Waals surface area contributed by atoms with Gasteiger partial charge in [0.2, 0.25) is 0 Å². The molecular weight excluding hydrogens is 340 g/mol. The van der Waals surface area contributed by atoms with E-state index in [1.165, 1.54) is 10.4 Å². The third-order valence-electron chi connectivity index (χ3n) is 3.71. The highest BCUT2D eigenvalue weighted by atomic mass is 32.2. The van der Waals surface area contributed by atoms with Crippen LogP contribution in [0, 0.1) is 0 Å². The Hall–Kier alpha value is -1.82. The number of hydrogen-bond acceptors (Lipinski definition) is 5.